The predicted molar refractivity (Wildman–Crippen MR) is 107 cm³/mol. The van der Waals surface area contributed by atoms with Crippen molar-refractivity contribution in [3.05, 3.63) is 36.4 Å². The molecule has 0 radical (unpaired) electrons. The second-order valence-corrected chi connectivity index (χ2v) is 8.19. The summed E-state index contributed by atoms with van der Waals surface area (Å²) in [5.74, 6) is -0.607. The van der Waals surface area contributed by atoms with Gasteiger partial charge >= 0.3 is 5.97 Å². The average molecular weight is 394 g/mol. The molecule has 0 saturated heterocycles. The van der Waals surface area contributed by atoms with E-state index in [0.29, 0.717) is 31.2 Å². The fourth-order valence-electron chi connectivity index (χ4n) is 3.00. The average Bonchev–Trinajstić information content (AvgIpc) is 2.65. The first-order valence-corrected chi connectivity index (χ1v) is 10.3. The molecule has 0 fully saturated rings. The number of carbonyl (C=O) groups is 1. The first-order valence-electron chi connectivity index (χ1n) is 8.81. The van der Waals surface area contributed by atoms with Gasteiger partial charge < -0.3 is 15.4 Å². The van der Waals surface area contributed by atoms with Gasteiger partial charge in [-0.15, -0.1) is 0 Å². The third-order valence-corrected chi connectivity index (χ3v) is 5.89. The van der Waals surface area contributed by atoms with Gasteiger partial charge in [-0.3, -0.25) is 4.79 Å². The van der Waals surface area contributed by atoms with Crippen LogP contribution in [0.25, 0.3) is 10.8 Å². The number of hydrogen-bond acceptors (Lipinski definition) is 6. The minimum Gasteiger partial charge on any atom is -0.468 e. The highest BCUT2D eigenvalue weighted by atomic mass is 32.2. The number of ether oxygens (including phenoxy) is 1. The summed E-state index contributed by atoms with van der Waals surface area (Å²) in [5.41, 5.74) is 6.40. The van der Waals surface area contributed by atoms with E-state index in [4.69, 9.17) is 10.5 Å². The lowest BCUT2D eigenvalue weighted by atomic mass is 10.1. The van der Waals surface area contributed by atoms with E-state index in [-0.39, 0.29) is 4.90 Å². The van der Waals surface area contributed by atoms with Crippen molar-refractivity contribution >= 4 is 32.5 Å². The number of hydrogen-bond donors (Lipinski definition) is 2. The van der Waals surface area contributed by atoms with E-state index in [9.17, 15) is 13.2 Å². The highest BCUT2D eigenvalue weighted by Crippen LogP contribution is 2.30. The highest BCUT2D eigenvalue weighted by Gasteiger charge is 2.27. The molecule has 2 aromatic carbocycles. The zero-order chi connectivity index (χ0) is 20.0. The van der Waals surface area contributed by atoms with E-state index in [1.54, 1.807) is 18.2 Å². The Hall–Kier alpha value is -2.16. The summed E-state index contributed by atoms with van der Waals surface area (Å²) >= 11 is 0. The third-order valence-electron chi connectivity index (χ3n) is 4.36. The lowest BCUT2D eigenvalue weighted by molar-refractivity contribution is -0.142. The molecule has 27 heavy (non-hydrogen) atoms. The Morgan fingerprint density at radius 1 is 1.15 bits per heavy atom. The van der Waals surface area contributed by atoms with Crippen LogP contribution in [-0.4, -0.2) is 48.2 Å². The van der Waals surface area contributed by atoms with Gasteiger partial charge in [-0.2, -0.15) is 4.72 Å². The molecule has 0 bridgehead atoms. The molecular weight excluding hydrogens is 366 g/mol. The molecule has 0 aliphatic carbocycles. The van der Waals surface area contributed by atoms with E-state index in [1.165, 1.54) is 7.11 Å². The van der Waals surface area contributed by atoms with Gasteiger partial charge in [-0.25, -0.2) is 8.42 Å². The van der Waals surface area contributed by atoms with Crippen molar-refractivity contribution in [1.82, 2.24) is 4.72 Å². The summed E-state index contributed by atoms with van der Waals surface area (Å²) in [7, 11) is 1.13. The molecule has 8 heteroatoms. The number of esters is 1. The maximum atomic E-state index is 13.0. The van der Waals surface area contributed by atoms with Gasteiger partial charge in [0.15, 0.2) is 0 Å². The number of nitrogens with two attached hydrogens (primary N) is 1. The number of sulfonamides is 1. The first kappa shape index (κ1) is 21.1. The van der Waals surface area contributed by atoms with Crippen LogP contribution in [0.15, 0.2) is 41.3 Å². The van der Waals surface area contributed by atoms with E-state index in [2.05, 4.69) is 4.72 Å². The monoisotopic (exact) mass is 393 g/mol. The van der Waals surface area contributed by atoms with Crippen LogP contribution in [0, 0.1) is 0 Å². The standard InChI is InChI=1S/C19H27N3O4S/c1-22(2)17-11-6-9-15-14(17)8-7-12-18(15)27(24,25)21-16(19(23)26-3)10-4-5-13-20/h6-9,11-12,16,21H,4-5,10,13,20H2,1-3H3. The number of fused-ring (bicyclic) bond motifs is 1. The third kappa shape index (κ3) is 4.97. The molecule has 0 amide bonds. The van der Waals surface area contributed by atoms with Gasteiger partial charge in [0, 0.05) is 30.6 Å². The van der Waals surface area contributed by atoms with Crippen LogP contribution in [-0.2, 0) is 19.6 Å². The van der Waals surface area contributed by atoms with Crippen LogP contribution in [0.5, 0.6) is 0 Å². The van der Waals surface area contributed by atoms with Gasteiger partial charge in [-0.1, -0.05) is 30.7 Å². The van der Waals surface area contributed by atoms with Crippen LogP contribution < -0.4 is 15.4 Å². The van der Waals surface area contributed by atoms with Gasteiger partial charge in [0.25, 0.3) is 0 Å². The molecule has 0 spiro atoms. The Balaban J connectivity index is 2.43. The largest absolute Gasteiger partial charge is 0.468 e. The Bertz CT molecular complexity index is 897. The molecule has 0 heterocycles. The van der Waals surface area contributed by atoms with E-state index < -0.39 is 22.0 Å². The molecule has 1 atom stereocenters. The molecule has 7 nitrogen and oxygen atoms in total. The molecule has 0 aliphatic heterocycles. The van der Waals surface area contributed by atoms with Crippen molar-refractivity contribution in [2.45, 2.75) is 30.2 Å². The summed E-state index contributed by atoms with van der Waals surface area (Å²) in [6.07, 6.45) is 1.66. The molecule has 148 valence electrons. The molecule has 1 unspecified atom stereocenters. The number of unbranched alkanes of at least 4 members (excludes halogenated alkanes) is 1. The van der Waals surface area contributed by atoms with E-state index >= 15 is 0 Å². The molecule has 0 saturated carbocycles. The van der Waals surface area contributed by atoms with E-state index in [1.807, 2.05) is 37.2 Å². The van der Waals surface area contributed by atoms with Crippen LogP contribution in [0.4, 0.5) is 5.69 Å². The zero-order valence-electron chi connectivity index (χ0n) is 15.9. The topological polar surface area (TPSA) is 102 Å². The number of anilines is 1. The minimum absolute atomic E-state index is 0.136. The van der Waals surface area contributed by atoms with Crippen LogP contribution in [0.2, 0.25) is 0 Å². The van der Waals surface area contributed by atoms with Crippen molar-refractivity contribution in [2.24, 2.45) is 5.73 Å². The van der Waals surface area contributed by atoms with Crippen molar-refractivity contribution in [1.29, 1.82) is 0 Å². The van der Waals surface area contributed by atoms with Gasteiger partial charge in [0.1, 0.15) is 6.04 Å². The van der Waals surface area contributed by atoms with Crippen LogP contribution in [0.1, 0.15) is 19.3 Å². The summed E-state index contributed by atoms with van der Waals surface area (Å²) < 4.78 is 33.3. The normalized spacial score (nSPS) is 12.7. The molecule has 0 aliphatic rings. The fourth-order valence-corrected chi connectivity index (χ4v) is 4.44. The van der Waals surface area contributed by atoms with Gasteiger partial charge in [-0.05, 0) is 31.5 Å². The highest BCUT2D eigenvalue weighted by molar-refractivity contribution is 7.89. The summed E-state index contributed by atoms with van der Waals surface area (Å²) in [5, 5.41) is 1.42. The minimum atomic E-state index is -3.92. The van der Waals surface area contributed by atoms with Crippen LogP contribution in [0.3, 0.4) is 0 Å². The van der Waals surface area contributed by atoms with Gasteiger partial charge in [0.05, 0.1) is 12.0 Å². The SMILES string of the molecule is COC(=O)C(CCCCN)NS(=O)(=O)c1cccc2c(N(C)C)cccc12. The van der Waals surface area contributed by atoms with Crippen molar-refractivity contribution in [3.63, 3.8) is 0 Å². The van der Waals surface area contributed by atoms with E-state index in [0.717, 1.165) is 11.1 Å². The fraction of sp³-hybridized carbons (Fsp3) is 0.421. The first-order chi connectivity index (χ1) is 12.8. The van der Waals surface area contributed by atoms with Gasteiger partial charge in [0.2, 0.25) is 10.0 Å². The number of nitrogens with one attached hydrogen (secondary N) is 1. The molecule has 0 aromatic heterocycles. The maximum absolute atomic E-state index is 13.0. The summed E-state index contributed by atoms with van der Waals surface area (Å²) in [4.78, 5) is 14.1. The number of methoxy groups -OCH3 is 1. The molecule has 2 rings (SSSR count). The predicted octanol–water partition coefficient (Wildman–Crippen LogP) is 1.85. The molecule has 3 N–H and O–H groups in total. The second-order valence-electron chi connectivity index (χ2n) is 6.50. The lowest BCUT2D eigenvalue weighted by Gasteiger charge is -2.19. The Morgan fingerprint density at radius 3 is 2.44 bits per heavy atom. The van der Waals surface area contributed by atoms with Crippen molar-refractivity contribution in [2.75, 3.05) is 32.6 Å². The maximum Gasteiger partial charge on any atom is 0.323 e. The van der Waals surface area contributed by atoms with Crippen LogP contribution >= 0.6 is 0 Å². The number of benzene rings is 2. The number of rotatable bonds is 9. The lowest BCUT2D eigenvalue weighted by Crippen LogP contribution is -2.41. The Labute approximate surface area is 160 Å². The number of nitrogens with zero attached hydrogens (tertiary/aromatic N) is 1. The summed E-state index contributed by atoms with van der Waals surface area (Å²) in [6.45, 7) is 0.483. The molecular formula is C19H27N3O4S. The Kier molecular flexibility index (Phi) is 7.18. The van der Waals surface area contributed by atoms with Crippen molar-refractivity contribution < 1.29 is 17.9 Å². The molecule has 2 aromatic rings. The second kappa shape index (κ2) is 9.16. The Morgan fingerprint density at radius 2 is 1.81 bits per heavy atom. The smallest absolute Gasteiger partial charge is 0.323 e. The zero-order valence-corrected chi connectivity index (χ0v) is 16.8. The quantitative estimate of drug-likeness (QED) is 0.498. The van der Waals surface area contributed by atoms with Crippen molar-refractivity contribution in [3.8, 4) is 0 Å². The number of carbonyl (C=O) groups excluding carboxylic acids is 1. The summed E-state index contributed by atoms with van der Waals surface area (Å²) in [6, 6.07) is 9.68.